The van der Waals surface area contributed by atoms with Gasteiger partial charge in [-0.05, 0) is 153 Å². The quantitative estimate of drug-likeness (QED) is 0.0516. The molecule has 8 aromatic carbocycles. The van der Waals surface area contributed by atoms with Crippen LogP contribution in [0.2, 0.25) is 0 Å². The van der Waals surface area contributed by atoms with E-state index >= 15 is 0 Å². The number of rotatable bonds is 21. The molecule has 0 atom stereocenters. The van der Waals surface area contributed by atoms with E-state index in [-0.39, 0.29) is 0 Å². The largest absolute Gasteiger partial charge is 0.496 e. The minimum atomic E-state index is -0.863. The summed E-state index contributed by atoms with van der Waals surface area (Å²) in [4.78, 5) is 0. The van der Waals surface area contributed by atoms with Crippen LogP contribution in [0, 0.1) is 13.8 Å². The zero-order valence-corrected chi connectivity index (χ0v) is 40.7. The predicted octanol–water partition coefficient (Wildman–Crippen LogP) is 17.2. The summed E-state index contributed by atoms with van der Waals surface area (Å²) in [6.45, 7) is 8.97. The van der Waals surface area contributed by atoms with E-state index in [0.717, 1.165) is 29.7 Å². The molecule has 0 aliphatic carbocycles. The van der Waals surface area contributed by atoms with E-state index < -0.39 is 7.92 Å². The van der Waals surface area contributed by atoms with Crippen LogP contribution in [-0.4, -0.2) is 7.11 Å². The normalized spacial score (nSPS) is 11.5. The summed E-state index contributed by atoms with van der Waals surface area (Å²) in [6.07, 6.45) is 17.9. The standard InChI is InChI=1S/C63H69OP/c1-6-8-10-12-14-18-26-48-34-38-55-50(44-48)36-40-57(52-42-46(3)63(64-5)47(4)43-52)61(55)62-56-39-35-49(27-19-15-13-11-9-7-2)45-51(56)37-41-59(62)58-32-24-25-33-60(58)65(53-28-20-16-21-29-53)54-30-22-17-23-31-54/h16-17,20-25,28-45H,6-15,18-19,26-27H2,1-5H3. The number of hydrogen-bond acceptors (Lipinski definition) is 1. The van der Waals surface area contributed by atoms with Gasteiger partial charge in [-0.1, -0.05) is 224 Å². The highest BCUT2D eigenvalue weighted by Gasteiger charge is 2.25. The Labute approximate surface area is 392 Å². The van der Waals surface area contributed by atoms with Crippen molar-refractivity contribution in [2.75, 3.05) is 7.11 Å². The molecule has 0 aliphatic heterocycles. The summed E-state index contributed by atoms with van der Waals surface area (Å²) in [6, 6.07) is 60.7. The monoisotopic (exact) mass is 873 g/mol. The van der Waals surface area contributed by atoms with Gasteiger partial charge in [0.15, 0.2) is 0 Å². The number of methoxy groups -OCH3 is 1. The molecule has 0 N–H and O–H groups in total. The Morgan fingerprint density at radius 2 is 0.877 bits per heavy atom. The molecule has 0 radical (unpaired) electrons. The van der Waals surface area contributed by atoms with E-state index in [2.05, 4.69) is 185 Å². The zero-order chi connectivity index (χ0) is 45.0. The van der Waals surface area contributed by atoms with E-state index in [0.29, 0.717) is 0 Å². The minimum Gasteiger partial charge on any atom is -0.496 e. The van der Waals surface area contributed by atoms with Crippen molar-refractivity contribution in [2.24, 2.45) is 0 Å². The van der Waals surface area contributed by atoms with E-state index in [1.165, 1.54) is 159 Å². The molecule has 0 saturated heterocycles. The Bertz CT molecular complexity index is 2740. The van der Waals surface area contributed by atoms with Crippen molar-refractivity contribution >= 4 is 45.4 Å². The van der Waals surface area contributed by atoms with Gasteiger partial charge < -0.3 is 4.74 Å². The van der Waals surface area contributed by atoms with Crippen LogP contribution in [0.1, 0.15) is 113 Å². The summed E-state index contributed by atoms with van der Waals surface area (Å²) >= 11 is 0. The molecule has 2 heteroatoms. The number of fused-ring (bicyclic) bond motifs is 2. The molecule has 0 bridgehead atoms. The fourth-order valence-corrected chi connectivity index (χ4v) is 12.7. The van der Waals surface area contributed by atoms with Gasteiger partial charge in [0.05, 0.1) is 7.11 Å². The zero-order valence-electron chi connectivity index (χ0n) is 39.8. The molecule has 0 amide bonds. The van der Waals surface area contributed by atoms with Gasteiger partial charge in [-0.15, -0.1) is 0 Å². The summed E-state index contributed by atoms with van der Waals surface area (Å²) < 4.78 is 5.93. The third-order valence-corrected chi connectivity index (χ3v) is 16.0. The molecular weight excluding hydrogens is 804 g/mol. The molecule has 0 heterocycles. The van der Waals surface area contributed by atoms with Gasteiger partial charge in [0, 0.05) is 0 Å². The van der Waals surface area contributed by atoms with Crippen molar-refractivity contribution in [1.82, 2.24) is 0 Å². The number of aryl methyl sites for hydroxylation is 4. The first kappa shape index (κ1) is 46.1. The van der Waals surface area contributed by atoms with Crippen LogP contribution < -0.4 is 20.7 Å². The van der Waals surface area contributed by atoms with Crippen molar-refractivity contribution in [1.29, 1.82) is 0 Å². The highest BCUT2D eigenvalue weighted by molar-refractivity contribution is 7.80. The van der Waals surface area contributed by atoms with Crippen LogP contribution in [-0.2, 0) is 12.8 Å². The maximum absolute atomic E-state index is 5.93. The molecule has 0 aromatic heterocycles. The molecule has 0 fully saturated rings. The predicted molar refractivity (Wildman–Crippen MR) is 287 cm³/mol. The molecule has 0 saturated carbocycles. The van der Waals surface area contributed by atoms with Gasteiger partial charge in [-0.2, -0.15) is 0 Å². The lowest BCUT2D eigenvalue weighted by atomic mass is 9.82. The van der Waals surface area contributed by atoms with Crippen LogP contribution in [0.3, 0.4) is 0 Å². The number of unbranched alkanes of at least 4 members (excludes halogenated alkanes) is 10. The second-order valence-electron chi connectivity index (χ2n) is 18.3. The van der Waals surface area contributed by atoms with Crippen molar-refractivity contribution < 1.29 is 4.74 Å². The van der Waals surface area contributed by atoms with Crippen LogP contribution in [0.5, 0.6) is 5.75 Å². The second-order valence-corrected chi connectivity index (χ2v) is 20.5. The highest BCUT2D eigenvalue weighted by Crippen LogP contribution is 2.48. The lowest BCUT2D eigenvalue weighted by Gasteiger charge is -2.25. The van der Waals surface area contributed by atoms with Gasteiger partial charge >= 0.3 is 0 Å². The molecule has 1 nitrogen and oxygen atoms in total. The van der Waals surface area contributed by atoms with E-state index in [1.54, 1.807) is 7.11 Å². The second kappa shape index (κ2) is 22.6. The molecule has 0 spiro atoms. The average Bonchev–Trinajstić information content (AvgIpc) is 3.34. The van der Waals surface area contributed by atoms with Crippen LogP contribution in [0.15, 0.2) is 158 Å². The Hall–Kier alpha value is -5.49. The minimum absolute atomic E-state index is 0.863. The lowest BCUT2D eigenvalue weighted by molar-refractivity contribution is 0.408. The molecule has 0 unspecified atom stereocenters. The first-order chi connectivity index (χ1) is 32.0. The van der Waals surface area contributed by atoms with E-state index in [1.807, 2.05) is 0 Å². The van der Waals surface area contributed by atoms with Crippen molar-refractivity contribution in [2.45, 2.75) is 118 Å². The van der Waals surface area contributed by atoms with Gasteiger partial charge in [-0.3, -0.25) is 0 Å². The van der Waals surface area contributed by atoms with Crippen LogP contribution in [0.25, 0.3) is 54.9 Å². The van der Waals surface area contributed by atoms with Gasteiger partial charge in [0.2, 0.25) is 0 Å². The van der Waals surface area contributed by atoms with Crippen molar-refractivity contribution in [3.8, 4) is 39.1 Å². The van der Waals surface area contributed by atoms with Crippen molar-refractivity contribution in [3.05, 3.63) is 180 Å². The Morgan fingerprint density at radius 3 is 1.40 bits per heavy atom. The summed E-state index contributed by atoms with van der Waals surface area (Å²) in [5, 5.41) is 9.31. The maximum atomic E-state index is 5.93. The molecular formula is C63H69OP. The van der Waals surface area contributed by atoms with Gasteiger partial charge in [-0.25, -0.2) is 0 Å². The Kier molecular flexibility index (Phi) is 16.0. The van der Waals surface area contributed by atoms with Gasteiger partial charge in [0.25, 0.3) is 0 Å². The third-order valence-electron chi connectivity index (χ3n) is 13.5. The van der Waals surface area contributed by atoms with Crippen LogP contribution >= 0.6 is 7.92 Å². The SMILES string of the molecule is CCCCCCCCc1ccc2c(-c3c(-c4ccccc4P(c4ccccc4)c4ccccc4)ccc4cc(CCCCCCCC)ccc34)c(-c3cc(C)c(OC)c(C)c3)ccc2c1. The Balaban J connectivity index is 1.37. The molecule has 65 heavy (non-hydrogen) atoms. The fourth-order valence-electron chi connectivity index (χ4n) is 10.2. The molecule has 8 rings (SSSR count). The fraction of sp³-hybridized carbons (Fsp3) is 0.302. The number of ether oxygens (including phenoxy) is 1. The van der Waals surface area contributed by atoms with Crippen LogP contribution in [0.4, 0.5) is 0 Å². The molecule has 8 aromatic rings. The molecule has 332 valence electrons. The third kappa shape index (κ3) is 10.8. The average molecular weight is 873 g/mol. The maximum Gasteiger partial charge on any atom is 0.124 e. The van der Waals surface area contributed by atoms with Crippen molar-refractivity contribution in [3.63, 3.8) is 0 Å². The van der Waals surface area contributed by atoms with E-state index in [4.69, 9.17) is 4.74 Å². The number of benzene rings is 8. The summed E-state index contributed by atoms with van der Waals surface area (Å²) in [5.74, 6) is 0.961. The smallest absolute Gasteiger partial charge is 0.124 e. The Morgan fingerprint density at radius 1 is 0.415 bits per heavy atom. The number of hydrogen-bond donors (Lipinski definition) is 0. The molecule has 0 aliphatic rings. The first-order valence-corrected chi connectivity index (χ1v) is 26.1. The van der Waals surface area contributed by atoms with Gasteiger partial charge in [0.1, 0.15) is 5.75 Å². The highest BCUT2D eigenvalue weighted by atomic mass is 31.1. The summed E-state index contributed by atoms with van der Waals surface area (Å²) in [7, 11) is 0.928. The van der Waals surface area contributed by atoms with E-state index in [9.17, 15) is 0 Å². The summed E-state index contributed by atoms with van der Waals surface area (Å²) in [5.41, 5.74) is 12.8. The topological polar surface area (TPSA) is 9.23 Å². The first-order valence-electron chi connectivity index (χ1n) is 24.8. The lowest BCUT2D eigenvalue weighted by Crippen LogP contribution is -2.22.